The number of amides is 1. The average molecular weight is 320 g/mol. The van der Waals surface area contributed by atoms with Crippen molar-refractivity contribution in [2.24, 2.45) is 0 Å². The van der Waals surface area contributed by atoms with Gasteiger partial charge in [-0.1, -0.05) is 18.3 Å². The lowest BCUT2D eigenvalue weighted by Gasteiger charge is -2.03. The number of nitrogens with zero attached hydrogens (tertiary/aromatic N) is 1. The summed E-state index contributed by atoms with van der Waals surface area (Å²) in [5.74, 6) is 0.746. The summed E-state index contributed by atoms with van der Waals surface area (Å²) in [6.45, 7) is 5.35. The molecule has 0 spiro atoms. The Morgan fingerprint density at radius 2 is 1.95 bits per heavy atom. The summed E-state index contributed by atoms with van der Waals surface area (Å²) in [4.78, 5) is 29.5. The predicted molar refractivity (Wildman–Crippen MR) is 87.6 cm³/mol. The number of Topliss-reactive ketones (excluding diaryl/α,β-unsaturated/α-hetero) is 1. The topological polar surface area (TPSA) is 59.1 Å². The monoisotopic (exact) mass is 320 g/mol. The van der Waals surface area contributed by atoms with Crippen molar-refractivity contribution in [3.63, 3.8) is 0 Å². The molecule has 0 saturated carbocycles. The minimum absolute atomic E-state index is 0.0357. The first kappa shape index (κ1) is 15.7. The summed E-state index contributed by atoms with van der Waals surface area (Å²) in [6, 6.07) is 7.44. The third kappa shape index (κ3) is 3.92. The summed E-state index contributed by atoms with van der Waals surface area (Å²) in [5, 5.41) is 3.19. The van der Waals surface area contributed by atoms with Gasteiger partial charge in [-0.3, -0.25) is 14.9 Å². The van der Waals surface area contributed by atoms with E-state index < -0.39 is 0 Å². The molecule has 0 aliphatic heterocycles. The van der Waals surface area contributed by atoms with E-state index in [-0.39, 0.29) is 11.7 Å². The Kier molecular flexibility index (Phi) is 5.14. The van der Waals surface area contributed by atoms with Crippen LogP contribution in [0.25, 0.3) is 0 Å². The van der Waals surface area contributed by atoms with Gasteiger partial charge in [-0.15, -0.1) is 11.8 Å². The van der Waals surface area contributed by atoms with Crippen molar-refractivity contribution >= 4 is 39.9 Å². The fourth-order valence-electron chi connectivity index (χ4n) is 1.82. The third-order valence-electron chi connectivity index (χ3n) is 2.76. The molecule has 0 aliphatic carbocycles. The molecule has 1 N–H and O–H groups in total. The highest BCUT2D eigenvalue weighted by Crippen LogP contribution is 2.24. The predicted octanol–water partition coefficient (Wildman–Crippen LogP) is 4.02. The highest BCUT2D eigenvalue weighted by atomic mass is 32.2. The molecule has 0 aliphatic rings. The number of thiazole rings is 1. The minimum Gasteiger partial charge on any atom is -0.298 e. The Balaban J connectivity index is 2.10. The third-order valence-corrected chi connectivity index (χ3v) is 4.83. The molecule has 0 radical (unpaired) electrons. The molecular weight excluding hydrogens is 304 g/mol. The Hall–Kier alpha value is -1.66. The zero-order chi connectivity index (χ0) is 15.4. The van der Waals surface area contributed by atoms with Crippen LogP contribution in [-0.4, -0.2) is 22.4 Å². The van der Waals surface area contributed by atoms with Crippen LogP contribution >= 0.6 is 23.1 Å². The number of aryl methyl sites for hydroxylation is 1. The van der Waals surface area contributed by atoms with Crippen LogP contribution in [0.5, 0.6) is 0 Å². The highest BCUT2D eigenvalue weighted by Gasteiger charge is 2.14. The molecule has 0 unspecified atom stereocenters. The number of rotatable bonds is 5. The molecule has 2 aromatic rings. The number of hydrogen-bond acceptors (Lipinski definition) is 5. The molecule has 6 heteroatoms. The second kappa shape index (κ2) is 6.87. The van der Waals surface area contributed by atoms with E-state index in [0.717, 1.165) is 10.6 Å². The van der Waals surface area contributed by atoms with Gasteiger partial charge in [0.05, 0.1) is 10.6 Å². The van der Waals surface area contributed by atoms with E-state index in [2.05, 4.69) is 17.2 Å². The summed E-state index contributed by atoms with van der Waals surface area (Å²) in [7, 11) is 0. The summed E-state index contributed by atoms with van der Waals surface area (Å²) >= 11 is 2.93. The van der Waals surface area contributed by atoms with Crippen LogP contribution in [0, 0.1) is 6.92 Å². The van der Waals surface area contributed by atoms with Crippen molar-refractivity contribution in [2.45, 2.75) is 25.7 Å². The van der Waals surface area contributed by atoms with Gasteiger partial charge in [0.25, 0.3) is 5.91 Å². The molecule has 2 rings (SSSR count). The largest absolute Gasteiger partial charge is 0.298 e. The van der Waals surface area contributed by atoms with Crippen LogP contribution in [0.1, 0.15) is 39.6 Å². The van der Waals surface area contributed by atoms with E-state index >= 15 is 0 Å². The lowest BCUT2D eigenvalue weighted by atomic mass is 10.2. The van der Waals surface area contributed by atoms with Gasteiger partial charge in [0, 0.05) is 17.4 Å². The summed E-state index contributed by atoms with van der Waals surface area (Å²) < 4.78 is 0. The van der Waals surface area contributed by atoms with Crippen molar-refractivity contribution in [3.05, 3.63) is 40.4 Å². The first-order valence-electron chi connectivity index (χ1n) is 6.53. The molecule has 1 heterocycles. The Bertz CT molecular complexity index is 663. The number of nitrogens with one attached hydrogen (secondary N) is 1. The summed E-state index contributed by atoms with van der Waals surface area (Å²) in [6.07, 6.45) is 0. The normalized spacial score (nSPS) is 10.4. The lowest BCUT2D eigenvalue weighted by Crippen LogP contribution is -2.11. The van der Waals surface area contributed by atoms with E-state index in [1.54, 1.807) is 30.8 Å². The van der Waals surface area contributed by atoms with Crippen LogP contribution in [0.2, 0.25) is 0 Å². The fourth-order valence-corrected chi connectivity index (χ4v) is 3.33. The number of ketones is 1. The Morgan fingerprint density at radius 1 is 1.29 bits per heavy atom. The molecule has 0 bridgehead atoms. The van der Waals surface area contributed by atoms with E-state index in [1.807, 2.05) is 12.1 Å². The van der Waals surface area contributed by atoms with Crippen LogP contribution in [-0.2, 0) is 0 Å². The molecule has 110 valence electrons. The first-order chi connectivity index (χ1) is 10.0. The van der Waals surface area contributed by atoms with Gasteiger partial charge >= 0.3 is 0 Å². The van der Waals surface area contributed by atoms with Gasteiger partial charge in [-0.25, -0.2) is 4.98 Å². The lowest BCUT2D eigenvalue weighted by molar-refractivity contribution is 0.101. The molecule has 1 amide bonds. The highest BCUT2D eigenvalue weighted by molar-refractivity contribution is 7.99. The maximum absolute atomic E-state index is 12.1. The van der Waals surface area contributed by atoms with Crippen LogP contribution in [0.4, 0.5) is 5.13 Å². The molecule has 1 aromatic carbocycles. The standard InChI is InChI=1S/C15H16N2O2S2/c1-4-20-12-7-5-11(6-8-12)14(19)17-15-16-9(2)13(21-15)10(3)18/h5-8H,4H2,1-3H3,(H,16,17,19). The first-order valence-corrected chi connectivity index (χ1v) is 8.34. The molecule has 4 nitrogen and oxygen atoms in total. The molecule has 1 aromatic heterocycles. The van der Waals surface area contributed by atoms with Gasteiger partial charge in [-0.05, 0) is 36.9 Å². The number of carbonyl (C=O) groups is 2. The number of aromatic nitrogens is 1. The molecule has 0 saturated heterocycles. The maximum Gasteiger partial charge on any atom is 0.257 e. The zero-order valence-electron chi connectivity index (χ0n) is 12.1. The second-order valence-electron chi connectivity index (χ2n) is 4.40. The molecular formula is C15H16N2O2S2. The van der Waals surface area contributed by atoms with Gasteiger partial charge in [0.15, 0.2) is 10.9 Å². The van der Waals surface area contributed by atoms with E-state index in [9.17, 15) is 9.59 Å². The SMILES string of the molecule is CCSc1ccc(C(=O)Nc2nc(C)c(C(C)=O)s2)cc1. The van der Waals surface area contributed by atoms with Gasteiger partial charge < -0.3 is 0 Å². The second-order valence-corrected chi connectivity index (χ2v) is 6.74. The van der Waals surface area contributed by atoms with Crippen LogP contribution in [0.3, 0.4) is 0 Å². The molecule has 21 heavy (non-hydrogen) atoms. The zero-order valence-corrected chi connectivity index (χ0v) is 13.7. The van der Waals surface area contributed by atoms with Gasteiger partial charge in [-0.2, -0.15) is 0 Å². The van der Waals surface area contributed by atoms with E-state index in [1.165, 1.54) is 18.3 Å². The molecule has 0 fully saturated rings. The smallest absolute Gasteiger partial charge is 0.257 e. The van der Waals surface area contributed by atoms with Crippen LogP contribution < -0.4 is 5.32 Å². The van der Waals surface area contributed by atoms with Crippen LogP contribution in [0.15, 0.2) is 29.2 Å². The summed E-state index contributed by atoms with van der Waals surface area (Å²) in [5.41, 5.74) is 1.23. The fraction of sp³-hybridized carbons (Fsp3) is 0.267. The van der Waals surface area contributed by atoms with Gasteiger partial charge in [0.2, 0.25) is 0 Å². The number of thioether (sulfide) groups is 1. The average Bonchev–Trinajstić information content (AvgIpc) is 2.81. The Labute approximate surface area is 132 Å². The van der Waals surface area contributed by atoms with Crippen molar-refractivity contribution in [1.82, 2.24) is 4.98 Å². The maximum atomic E-state index is 12.1. The quantitative estimate of drug-likeness (QED) is 0.668. The van der Waals surface area contributed by atoms with Crippen molar-refractivity contribution in [1.29, 1.82) is 0 Å². The minimum atomic E-state index is -0.216. The number of hydrogen-bond donors (Lipinski definition) is 1. The van der Waals surface area contributed by atoms with E-state index in [4.69, 9.17) is 0 Å². The number of anilines is 1. The van der Waals surface area contributed by atoms with Crippen molar-refractivity contribution < 1.29 is 9.59 Å². The number of carbonyl (C=O) groups excluding carboxylic acids is 2. The number of benzene rings is 1. The Morgan fingerprint density at radius 3 is 2.48 bits per heavy atom. The van der Waals surface area contributed by atoms with Crippen molar-refractivity contribution in [3.8, 4) is 0 Å². The van der Waals surface area contributed by atoms with Gasteiger partial charge in [0.1, 0.15) is 0 Å². The van der Waals surface area contributed by atoms with E-state index in [0.29, 0.717) is 21.3 Å². The van der Waals surface area contributed by atoms with Crippen molar-refractivity contribution in [2.75, 3.05) is 11.1 Å². The molecule has 0 atom stereocenters.